The summed E-state index contributed by atoms with van der Waals surface area (Å²) in [5.74, 6) is 0. The number of amides is 1. The maximum absolute atomic E-state index is 11.3. The molecular weight excluding hydrogens is 258 g/mol. The number of hydrogen-bond acceptors (Lipinski definition) is 2. The third-order valence-corrected chi connectivity index (χ3v) is 8.75. The van der Waals surface area contributed by atoms with Crippen LogP contribution in [0.5, 0.6) is 0 Å². The summed E-state index contributed by atoms with van der Waals surface area (Å²) in [6.45, 7) is 13.4. The van der Waals surface area contributed by atoms with Crippen molar-refractivity contribution >= 4 is 14.4 Å². The first-order valence-corrected chi connectivity index (χ1v) is 9.85. The molecule has 4 nitrogen and oxygen atoms in total. The van der Waals surface area contributed by atoms with Crippen LogP contribution in [0.3, 0.4) is 0 Å². The van der Waals surface area contributed by atoms with Crippen LogP contribution in [0.1, 0.15) is 34.1 Å². The molecule has 2 unspecified atom stereocenters. The minimum Gasteiger partial charge on any atom is -0.465 e. The van der Waals surface area contributed by atoms with Crippen LogP contribution in [0.25, 0.3) is 0 Å². The van der Waals surface area contributed by atoms with Crippen molar-refractivity contribution in [1.82, 2.24) is 4.90 Å². The van der Waals surface area contributed by atoms with Gasteiger partial charge in [0.1, 0.15) is 0 Å². The van der Waals surface area contributed by atoms with Crippen molar-refractivity contribution < 1.29 is 14.3 Å². The van der Waals surface area contributed by atoms with Gasteiger partial charge in [-0.2, -0.15) is 0 Å². The lowest BCUT2D eigenvalue weighted by molar-refractivity contribution is 0.0965. The van der Waals surface area contributed by atoms with E-state index in [-0.39, 0.29) is 17.2 Å². The molecule has 0 aromatic carbocycles. The predicted molar refractivity (Wildman–Crippen MR) is 80.0 cm³/mol. The van der Waals surface area contributed by atoms with Crippen molar-refractivity contribution in [3.63, 3.8) is 0 Å². The molecule has 0 aliphatic carbocycles. The van der Waals surface area contributed by atoms with Crippen LogP contribution >= 0.6 is 0 Å². The highest BCUT2D eigenvalue weighted by Crippen LogP contribution is 2.37. The van der Waals surface area contributed by atoms with Crippen LogP contribution < -0.4 is 0 Å². The van der Waals surface area contributed by atoms with Crippen molar-refractivity contribution in [3.8, 4) is 0 Å². The Morgan fingerprint density at radius 2 is 2.00 bits per heavy atom. The Bertz CT molecular complexity index is 360. The molecule has 0 spiro atoms. The first kappa shape index (κ1) is 16.2. The van der Waals surface area contributed by atoms with E-state index in [9.17, 15) is 9.90 Å². The van der Waals surface area contributed by atoms with Crippen LogP contribution in [0, 0.1) is 0 Å². The van der Waals surface area contributed by atoms with Crippen LogP contribution in [0.15, 0.2) is 12.2 Å². The molecular formula is C14H27NO3Si. The minimum absolute atomic E-state index is 0.0169. The predicted octanol–water partition coefficient (Wildman–Crippen LogP) is 3.71. The van der Waals surface area contributed by atoms with Gasteiger partial charge in [0.15, 0.2) is 8.32 Å². The lowest BCUT2D eigenvalue weighted by Gasteiger charge is -2.41. The standard InChI is InChI=1S/C14H27NO3Si/c1-7-11-8-9-12(10-15(11)13(16)17)18-19(5,6)14(2,3)4/h8-9,11-12H,7,10H2,1-6H3,(H,16,17). The molecule has 19 heavy (non-hydrogen) atoms. The average Bonchev–Trinajstić information content (AvgIpc) is 2.26. The molecule has 1 amide bonds. The zero-order valence-electron chi connectivity index (χ0n) is 12.9. The van der Waals surface area contributed by atoms with Gasteiger partial charge in [-0.05, 0) is 24.6 Å². The van der Waals surface area contributed by atoms with Gasteiger partial charge in [0.2, 0.25) is 0 Å². The molecule has 0 fully saturated rings. The van der Waals surface area contributed by atoms with Crippen molar-refractivity contribution in [3.05, 3.63) is 12.2 Å². The van der Waals surface area contributed by atoms with Crippen molar-refractivity contribution in [2.45, 2.75) is 64.4 Å². The van der Waals surface area contributed by atoms with Gasteiger partial charge in [0, 0.05) is 0 Å². The Balaban J connectivity index is 2.80. The quantitative estimate of drug-likeness (QED) is 0.635. The zero-order valence-corrected chi connectivity index (χ0v) is 13.9. The Morgan fingerprint density at radius 3 is 2.42 bits per heavy atom. The van der Waals surface area contributed by atoms with Gasteiger partial charge in [-0.15, -0.1) is 0 Å². The minimum atomic E-state index is -1.86. The van der Waals surface area contributed by atoms with Crippen molar-refractivity contribution in [1.29, 1.82) is 0 Å². The molecule has 1 aliphatic rings. The van der Waals surface area contributed by atoms with E-state index in [1.54, 1.807) is 0 Å². The van der Waals surface area contributed by atoms with E-state index in [0.717, 1.165) is 6.42 Å². The molecule has 1 aliphatic heterocycles. The van der Waals surface area contributed by atoms with Crippen LogP contribution in [-0.4, -0.2) is 43.1 Å². The second-order valence-corrected chi connectivity index (χ2v) is 11.5. The van der Waals surface area contributed by atoms with Gasteiger partial charge in [-0.3, -0.25) is 4.90 Å². The molecule has 5 heteroatoms. The second-order valence-electron chi connectivity index (χ2n) is 6.71. The first-order chi connectivity index (χ1) is 8.58. The molecule has 1 heterocycles. The lowest BCUT2D eigenvalue weighted by atomic mass is 10.1. The topological polar surface area (TPSA) is 49.8 Å². The fraction of sp³-hybridized carbons (Fsp3) is 0.786. The Morgan fingerprint density at radius 1 is 1.42 bits per heavy atom. The summed E-state index contributed by atoms with van der Waals surface area (Å²) in [4.78, 5) is 12.8. The van der Waals surface area contributed by atoms with Gasteiger partial charge < -0.3 is 9.53 Å². The first-order valence-electron chi connectivity index (χ1n) is 6.94. The molecule has 2 atom stereocenters. The Kier molecular flexibility index (Phi) is 4.85. The maximum atomic E-state index is 11.3. The van der Waals surface area contributed by atoms with Crippen molar-refractivity contribution in [2.24, 2.45) is 0 Å². The maximum Gasteiger partial charge on any atom is 0.407 e. The van der Waals surface area contributed by atoms with Gasteiger partial charge >= 0.3 is 6.09 Å². The highest BCUT2D eigenvalue weighted by atomic mass is 28.4. The monoisotopic (exact) mass is 285 g/mol. The SMILES string of the molecule is CCC1C=CC(O[Si](C)(C)C(C)(C)C)CN1C(=O)O. The van der Waals surface area contributed by atoms with E-state index in [2.05, 4.69) is 33.9 Å². The summed E-state index contributed by atoms with van der Waals surface area (Å²) in [7, 11) is -1.86. The van der Waals surface area contributed by atoms with E-state index in [4.69, 9.17) is 4.43 Å². The summed E-state index contributed by atoms with van der Waals surface area (Å²) in [5, 5.41) is 9.40. The summed E-state index contributed by atoms with van der Waals surface area (Å²) in [6.07, 6.45) is 3.83. The summed E-state index contributed by atoms with van der Waals surface area (Å²) >= 11 is 0. The van der Waals surface area contributed by atoms with E-state index >= 15 is 0 Å². The fourth-order valence-electron chi connectivity index (χ4n) is 1.95. The van der Waals surface area contributed by atoms with Gasteiger partial charge in [0.05, 0.1) is 18.7 Å². The third-order valence-electron chi connectivity index (χ3n) is 4.24. The molecule has 110 valence electrons. The molecule has 0 radical (unpaired) electrons. The summed E-state index contributed by atoms with van der Waals surface area (Å²) in [6, 6.07) is -0.0169. The number of hydrogen-bond donors (Lipinski definition) is 1. The largest absolute Gasteiger partial charge is 0.465 e. The number of nitrogens with zero attached hydrogens (tertiary/aromatic N) is 1. The summed E-state index contributed by atoms with van der Waals surface area (Å²) in [5.41, 5.74) is 0. The molecule has 0 saturated carbocycles. The highest BCUT2D eigenvalue weighted by molar-refractivity contribution is 6.74. The van der Waals surface area contributed by atoms with E-state index in [1.165, 1.54) is 4.90 Å². The number of carbonyl (C=O) groups is 1. The normalized spacial score (nSPS) is 24.6. The average molecular weight is 285 g/mol. The Hall–Kier alpha value is -0.813. The molecule has 0 bridgehead atoms. The van der Waals surface area contributed by atoms with E-state index < -0.39 is 14.4 Å². The zero-order chi connectivity index (χ0) is 14.8. The fourth-order valence-corrected chi connectivity index (χ4v) is 3.22. The van der Waals surface area contributed by atoms with Gasteiger partial charge in [-0.1, -0.05) is 39.8 Å². The highest BCUT2D eigenvalue weighted by Gasteiger charge is 2.40. The molecule has 0 aromatic heterocycles. The molecule has 0 saturated heterocycles. The smallest absolute Gasteiger partial charge is 0.407 e. The third kappa shape index (κ3) is 3.83. The van der Waals surface area contributed by atoms with Gasteiger partial charge in [-0.25, -0.2) is 4.79 Å². The van der Waals surface area contributed by atoms with E-state index in [0.29, 0.717) is 6.54 Å². The van der Waals surface area contributed by atoms with Gasteiger partial charge in [0.25, 0.3) is 0 Å². The Labute approximate surface area is 117 Å². The molecule has 0 aromatic rings. The van der Waals surface area contributed by atoms with Crippen molar-refractivity contribution in [2.75, 3.05) is 6.54 Å². The lowest BCUT2D eigenvalue weighted by Crippen LogP contribution is -2.51. The second kappa shape index (κ2) is 5.67. The number of rotatable bonds is 3. The number of carboxylic acid groups (broad SMARTS) is 1. The summed E-state index contributed by atoms with van der Waals surface area (Å²) < 4.78 is 6.26. The molecule has 1 N–H and O–H groups in total. The van der Waals surface area contributed by atoms with Crippen LogP contribution in [0.2, 0.25) is 18.1 Å². The van der Waals surface area contributed by atoms with E-state index in [1.807, 2.05) is 19.1 Å². The van der Waals surface area contributed by atoms with Crippen LogP contribution in [-0.2, 0) is 4.43 Å². The van der Waals surface area contributed by atoms with Crippen LogP contribution in [0.4, 0.5) is 4.79 Å². The molecule has 1 rings (SSSR count).